The molecule has 1 atom stereocenters. The van der Waals surface area contributed by atoms with E-state index in [1.54, 1.807) is 6.26 Å². The molecule has 138 valence electrons. The number of aromatic nitrogens is 5. The van der Waals surface area contributed by atoms with Crippen LogP contribution in [0.2, 0.25) is 0 Å². The van der Waals surface area contributed by atoms with Crippen LogP contribution in [0.25, 0.3) is 11.6 Å². The molecule has 0 aromatic carbocycles. The van der Waals surface area contributed by atoms with Crippen molar-refractivity contribution >= 4 is 34.1 Å². The molecule has 0 spiro atoms. The summed E-state index contributed by atoms with van der Waals surface area (Å²) in [5, 5.41) is 21.0. The summed E-state index contributed by atoms with van der Waals surface area (Å²) in [7, 11) is 0. The summed E-state index contributed by atoms with van der Waals surface area (Å²) in [6, 6.07) is 3.77. The maximum Gasteiger partial charge on any atom is 0.239 e. The summed E-state index contributed by atoms with van der Waals surface area (Å²) < 4.78 is 7.41. The summed E-state index contributed by atoms with van der Waals surface area (Å²) in [4.78, 5) is 12.5. The first kappa shape index (κ1) is 18.6. The van der Waals surface area contributed by atoms with Crippen LogP contribution in [0, 0.1) is 0 Å². The van der Waals surface area contributed by atoms with Gasteiger partial charge in [0.25, 0.3) is 0 Å². The number of amides is 1. The average Bonchev–Trinajstić information content (AvgIpc) is 3.34. The standard InChI is InChI=1S/C16H20N6O2S2/c1-5-12-18-20-15(26-12)17-14(23)10(4)25-16-21-19-13(22(16)9(2)3)11-7-6-8-24-11/h6-10H,5H2,1-4H3,(H,17,20,23)/t10-/m1/s1. The SMILES string of the molecule is CCc1nnc(NC(=O)[C@@H](C)Sc2nnc(-c3ccco3)n2C(C)C)s1. The number of hydrogen-bond donors (Lipinski definition) is 1. The van der Waals surface area contributed by atoms with Gasteiger partial charge in [0.1, 0.15) is 5.01 Å². The fourth-order valence-corrected chi connectivity index (χ4v) is 3.93. The van der Waals surface area contributed by atoms with Crippen molar-refractivity contribution in [2.24, 2.45) is 0 Å². The second-order valence-electron chi connectivity index (χ2n) is 5.85. The molecule has 1 N–H and O–H groups in total. The summed E-state index contributed by atoms with van der Waals surface area (Å²) in [6.45, 7) is 7.91. The van der Waals surface area contributed by atoms with Gasteiger partial charge in [-0.1, -0.05) is 30.0 Å². The van der Waals surface area contributed by atoms with Crippen LogP contribution in [-0.4, -0.2) is 36.1 Å². The molecule has 0 aliphatic heterocycles. The van der Waals surface area contributed by atoms with Gasteiger partial charge in [-0.15, -0.1) is 20.4 Å². The molecule has 0 aliphatic carbocycles. The predicted octanol–water partition coefficient (Wildman–Crippen LogP) is 3.65. The molecule has 3 rings (SSSR count). The van der Waals surface area contributed by atoms with Gasteiger partial charge in [-0.25, -0.2) is 0 Å². The van der Waals surface area contributed by atoms with Gasteiger partial charge in [0.05, 0.1) is 11.5 Å². The summed E-state index contributed by atoms with van der Waals surface area (Å²) >= 11 is 2.73. The van der Waals surface area contributed by atoms with E-state index >= 15 is 0 Å². The third-order valence-corrected chi connectivity index (χ3v) is 5.61. The Balaban J connectivity index is 1.74. The number of hydrogen-bond acceptors (Lipinski definition) is 8. The first-order valence-corrected chi connectivity index (χ1v) is 9.97. The zero-order chi connectivity index (χ0) is 18.7. The summed E-state index contributed by atoms with van der Waals surface area (Å²) in [6.07, 6.45) is 2.40. The highest BCUT2D eigenvalue weighted by atomic mass is 32.2. The van der Waals surface area contributed by atoms with Gasteiger partial charge in [0.2, 0.25) is 16.9 Å². The third kappa shape index (κ3) is 3.96. The Bertz CT molecular complexity index is 871. The van der Waals surface area contributed by atoms with Crippen molar-refractivity contribution in [1.82, 2.24) is 25.0 Å². The lowest BCUT2D eigenvalue weighted by Gasteiger charge is -2.15. The number of nitrogens with zero attached hydrogens (tertiary/aromatic N) is 5. The Hall–Kier alpha value is -2.20. The van der Waals surface area contributed by atoms with E-state index in [0.29, 0.717) is 21.9 Å². The van der Waals surface area contributed by atoms with Gasteiger partial charge in [-0.3, -0.25) is 14.7 Å². The Morgan fingerprint density at radius 2 is 2.12 bits per heavy atom. The molecular weight excluding hydrogens is 372 g/mol. The van der Waals surface area contributed by atoms with Gasteiger partial charge in [-0.05, 0) is 39.3 Å². The highest BCUT2D eigenvalue weighted by Crippen LogP contribution is 2.30. The average molecular weight is 393 g/mol. The van der Waals surface area contributed by atoms with Crippen LogP contribution >= 0.6 is 23.1 Å². The molecule has 26 heavy (non-hydrogen) atoms. The van der Waals surface area contributed by atoms with Crippen LogP contribution < -0.4 is 5.32 Å². The highest BCUT2D eigenvalue weighted by Gasteiger charge is 2.23. The predicted molar refractivity (Wildman–Crippen MR) is 101 cm³/mol. The fraction of sp³-hybridized carbons (Fsp3) is 0.438. The fourth-order valence-electron chi connectivity index (χ4n) is 2.26. The minimum Gasteiger partial charge on any atom is -0.461 e. The Morgan fingerprint density at radius 1 is 1.31 bits per heavy atom. The van der Waals surface area contributed by atoms with Crippen LogP contribution in [-0.2, 0) is 11.2 Å². The lowest BCUT2D eigenvalue weighted by Crippen LogP contribution is -2.23. The number of nitrogens with one attached hydrogen (secondary N) is 1. The minimum absolute atomic E-state index is 0.123. The molecular formula is C16H20N6O2S2. The molecule has 3 aromatic rings. The minimum atomic E-state index is -0.366. The first-order chi connectivity index (χ1) is 12.5. The Kier molecular flexibility index (Phi) is 5.72. The molecule has 3 heterocycles. The van der Waals surface area contributed by atoms with E-state index < -0.39 is 0 Å². The monoisotopic (exact) mass is 392 g/mol. The summed E-state index contributed by atoms with van der Waals surface area (Å²) in [5.41, 5.74) is 0. The van der Waals surface area contributed by atoms with Crippen LogP contribution in [0.15, 0.2) is 28.0 Å². The van der Waals surface area contributed by atoms with Crippen molar-refractivity contribution < 1.29 is 9.21 Å². The lowest BCUT2D eigenvalue weighted by molar-refractivity contribution is -0.115. The number of carbonyl (C=O) groups is 1. The van der Waals surface area contributed by atoms with Crippen molar-refractivity contribution in [1.29, 1.82) is 0 Å². The zero-order valence-corrected chi connectivity index (χ0v) is 16.6. The molecule has 0 saturated heterocycles. The second kappa shape index (κ2) is 8.00. The van der Waals surface area contributed by atoms with Crippen molar-refractivity contribution in [3.05, 3.63) is 23.4 Å². The largest absolute Gasteiger partial charge is 0.461 e. The quantitative estimate of drug-likeness (QED) is 0.613. The number of anilines is 1. The molecule has 0 fully saturated rings. The van der Waals surface area contributed by atoms with Crippen LogP contribution in [0.1, 0.15) is 38.7 Å². The molecule has 8 nitrogen and oxygen atoms in total. The van der Waals surface area contributed by atoms with Gasteiger partial charge in [0, 0.05) is 6.04 Å². The third-order valence-electron chi connectivity index (χ3n) is 3.57. The molecule has 0 bridgehead atoms. The van der Waals surface area contributed by atoms with Crippen molar-refractivity contribution in [3.63, 3.8) is 0 Å². The van der Waals surface area contributed by atoms with Gasteiger partial charge in [-0.2, -0.15) is 0 Å². The van der Waals surface area contributed by atoms with Gasteiger partial charge < -0.3 is 4.42 Å². The lowest BCUT2D eigenvalue weighted by atomic mass is 10.3. The molecule has 0 radical (unpaired) electrons. The molecule has 10 heteroatoms. The summed E-state index contributed by atoms with van der Waals surface area (Å²) in [5.74, 6) is 1.15. The van der Waals surface area contributed by atoms with E-state index in [-0.39, 0.29) is 17.2 Å². The zero-order valence-electron chi connectivity index (χ0n) is 15.0. The topological polar surface area (TPSA) is 98.7 Å². The Morgan fingerprint density at radius 3 is 2.73 bits per heavy atom. The molecule has 0 aliphatic rings. The molecule has 0 saturated carbocycles. The van der Waals surface area contributed by atoms with Gasteiger partial charge >= 0.3 is 0 Å². The number of rotatable bonds is 7. The second-order valence-corrected chi connectivity index (χ2v) is 8.22. The van der Waals surface area contributed by atoms with Crippen LogP contribution in [0.5, 0.6) is 0 Å². The van der Waals surface area contributed by atoms with Gasteiger partial charge in [0.15, 0.2) is 10.9 Å². The number of aryl methyl sites for hydroxylation is 1. The normalized spacial score (nSPS) is 12.5. The maximum absolute atomic E-state index is 12.5. The van der Waals surface area contributed by atoms with E-state index in [9.17, 15) is 4.79 Å². The molecule has 1 amide bonds. The van der Waals surface area contributed by atoms with E-state index in [0.717, 1.165) is 11.4 Å². The van der Waals surface area contributed by atoms with E-state index in [2.05, 4.69) is 25.7 Å². The van der Waals surface area contributed by atoms with Crippen LogP contribution in [0.3, 0.4) is 0 Å². The number of furan rings is 1. The van der Waals surface area contributed by atoms with Crippen molar-refractivity contribution in [2.45, 2.75) is 50.6 Å². The van der Waals surface area contributed by atoms with E-state index in [1.165, 1.54) is 23.1 Å². The highest BCUT2D eigenvalue weighted by molar-refractivity contribution is 8.00. The first-order valence-electron chi connectivity index (χ1n) is 8.28. The molecule has 0 unspecified atom stereocenters. The van der Waals surface area contributed by atoms with Crippen molar-refractivity contribution in [3.8, 4) is 11.6 Å². The smallest absolute Gasteiger partial charge is 0.239 e. The van der Waals surface area contributed by atoms with E-state index in [4.69, 9.17) is 4.42 Å². The van der Waals surface area contributed by atoms with E-state index in [1.807, 2.05) is 44.4 Å². The maximum atomic E-state index is 12.5. The van der Waals surface area contributed by atoms with Crippen molar-refractivity contribution in [2.75, 3.05) is 5.32 Å². The molecule has 3 aromatic heterocycles. The number of carbonyl (C=O) groups excluding carboxylic acids is 1. The Labute approximate surface area is 159 Å². The van der Waals surface area contributed by atoms with Crippen LogP contribution in [0.4, 0.5) is 5.13 Å². The number of thioether (sulfide) groups is 1.